The van der Waals surface area contributed by atoms with Crippen molar-refractivity contribution < 1.29 is 0 Å². The molecule has 0 N–H and O–H groups in total. The molecule has 0 aliphatic heterocycles. The summed E-state index contributed by atoms with van der Waals surface area (Å²) in [7, 11) is 0. The van der Waals surface area contributed by atoms with Crippen LogP contribution < -0.4 is 0 Å². The maximum absolute atomic E-state index is 4.40. The van der Waals surface area contributed by atoms with Gasteiger partial charge in [0, 0.05) is 17.1 Å². The predicted octanol–water partition coefficient (Wildman–Crippen LogP) is 2.25. The summed E-state index contributed by atoms with van der Waals surface area (Å²) in [5.41, 5.74) is 1.15. The summed E-state index contributed by atoms with van der Waals surface area (Å²) < 4.78 is -0.0751. The minimum Gasteiger partial charge on any atom is -0.264 e. The smallest absolute Gasteiger partial charge is 0.0337 e. The molecule has 10 heavy (non-hydrogen) atoms. The highest BCUT2D eigenvalue weighted by Crippen LogP contribution is 2.25. The number of hydrogen-bond donors (Lipinski definition) is 1. The second kappa shape index (κ2) is 2.62. The molecule has 0 spiro atoms. The molecule has 0 saturated heterocycles. The van der Waals surface area contributed by atoms with E-state index in [2.05, 4.69) is 17.6 Å². The Labute approximate surface area is 66.9 Å². The first-order chi connectivity index (χ1) is 4.61. The zero-order chi connectivity index (χ0) is 7.61. The summed E-state index contributed by atoms with van der Waals surface area (Å²) in [6.07, 6.45) is 3.61. The van der Waals surface area contributed by atoms with E-state index in [1.807, 2.05) is 32.2 Å². The molecule has 2 heteroatoms. The molecule has 1 heterocycles. The Morgan fingerprint density at radius 2 is 2.20 bits per heavy atom. The predicted molar refractivity (Wildman–Crippen MR) is 46.2 cm³/mol. The fourth-order valence-electron chi connectivity index (χ4n) is 0.725. The van der Waals surface area contributed by atoms with E-state index in [9.17, 15) is 0 Å². The highest BCUT2D eigenvalue weighted by Gasteiger charge is 2.13. The van der Waals surface area contributed by atoms with Gasteiger partial charge in [0.1, 0.15) is 0 Å². The van der Waals surface area contributed by atoms with Crippen molar-refractivity contribution in [1.82, 2.24) is 4.98 Å². The fourth-order valence-corrected chi connectivity index (χ4v) is 0.857. The van der Waals surface area contributed by atoms with Gasteiger partial charge in [-0.05, 0) is 25.5 Å². The van der Waals surface area contributed by atoms with Crippen LogP contribution in [0.4, 0.5) is 0 Å². The summed E-state index contributed by atoms with van der Waals surface area (Å²) in [5, 5.41) is 0. The van der Waals surface area contributed by atoms with Crippen molar-refractivity contribution in [2.24, 2.45) is 0 Å². The normalized spacial score (nSPS) is 11.5. The van der Waals surface area contributed by atoms with E-state index < -0.39 is 0 Å². The topological polar surface area (TPSA) is 12.9 Å². The van der Waals surface area contributed by atoms with Gasteiger partial charge in [-0.1, -0.05) is 6.07 Å². The second-order valence-corrected chi connectivity index (χ2v) is 3.92. The Morgan fingerprint density at radius 3 is 2.50 bits per heavy atom. The summed E-state index contributed by atoms with van der Waals surface area (Å²) in [5.74, 6) is 0. The highest BCUT2D eigenvalue weighted by atomic mass is 32.1. The molecular formula is C8H11NS. The van der Waals surface area contributed by atoms with E-state index in [1.54, 1.807) is 6.20 Å². The van der Waals surface area contributed by atoms with Crippen LogP contribution >= 0.6 is 12.6 Å². The lowest BCUT2D eigenvalue weighted by Gasteiger charge is -2.16. The van der Waals surface area contributed by atoms with Crippen LogP contribution in [0.2, 0.25) is 0 Å². The molecule has 0 atom stereocenters. The van der Waals surface area contributed by atoms with E-state index in [0.29, 0.717) is 0 Å². The third-order valence-corrected chi connectivity index (χ3v) is 1.63. The second-order valence-electron chi connectivity index (χ2n) is 2.80. The van der Waals surface area contributed by atoms with Gasteiger partial charge in [0.2, 0.25) is 0 Å². The first-order valence-corrected chi connectivity index (χ1v) is 3.68. The van der Waals surface area contributed by atoms with Gasteiger partial charge in [-0.2, -0.15) is 12.6 Å². The van der Waals surface area contributed by atoms with Crippen molar-refractivity contribution in [1.29, 1.82) is 0 Å². The molecule has 1 nitrogen and oxygen atoms in total. The molecule has 1 aromatic rings. The first kappa shape index (κ1) is 7.61. The zero-order valence-electron chi connectivity index (χ0n) is 6.20. The minimum atomic E-state index is -0.0751. The lowest BCUT2D eigenvalue weighted by Crippen LogP contribution is -2.07. The molecular weight excluding hydrogens is 142 g/mol. The van der Waals surface area contributed by atoms with Gasteiger partial charge in [0.25, 0.3) is 0 Å². The Kier molecular flexibility index (Phi) is 2.00. The Hall–Kier alpha value is -0.500. The zero-order valence-corrected chi connectivity index (χ0v) is 7.10. The summed E-state index contributed by atoms with van der Waals surface area (Å²) >= 11 is 4.40. The van der Waals surface area contributed by atoms with Crippen LogP contribution in [0.1, 0.15) is 19.4 Å². The van der Waals surface area contributed by atoms with Crippen LogP contribution in [0, 0.1) is 0 Å². The molecule has 54 valence electrons. The maximum atomic E-state index is 4.40. The van der Waals surface area contributed by atoms with Crippen LogP contribution in [-0.4, -0.2) is 4.98 Å². The van der Waals surface area contributed by atoms with Crippen LogP contribution in [0.5, 0.6) is 0 Å². The van der Waals surface area contributed by atoms with Crippen LogP contribution in [-0.2, 0) is 4.75 Å². The van der Waals surface area contributed by atoms with Crippen molar-refractivity contribution in [2.75, 3.05) is 0 Å². The molecule has 0 fully saturated rings. The largest absolute Gasteiger partial charge is 0.264 e. The molecule has 0 amide bonds. The first-order valence-electron chi connectivity index (χ1n) is 3.23. The molecule has 0 aromatic carbocycles. The van der Waals surface area contributed by atoms with Crippen molar-refractivity contribution in [3.63, 3.8) is 0 Å². The molecule has 0 unspecified atom stereocenters. The monoisotopic (exact) mass is 153 g/mol. The third-order valence-electron chi connectivity index (χ3n) is 1.37. The van der Waals surface area contributed by atoms with Gasteiger partial charge < -0.3 is 0 Å². The molecule has 0 aliphatic carbocycles. The molecule has 1 aromatic heterocycles. The van der Waals surface area contributed by atoms with Crippen molar-refractivity contribution in [3.8, 4) is 0 Å². The van der Waals surface area contributed by atoms with Crippen LogP contribution in [0.25, 0.3) is 0 Å². The Balaban J connectivity index is 2.97. The number of pyridine rings is 1. The van der Waals surface area contributed by atoms with E-state index in [0.717, 1.165) is 5.56 Å². The number of rotatable bonds is 1. The summed E-state index contributed by atoms with van der Waals surface area (Å²) in [6, 6.07) is 3.95. The SMILES string of the molecule is CC(C)(S)c1cccnc1. The van der Waals surface area contributed by atoms with Gasteiger partial charge in [-0.15, -0.1) is 0 Å². The average molecular weight is 153 g/mol. The van der Waals surface area contributed by atoms with Gasteiger partial charge in [-0.3, -0.25) is 4.98 Å². The number of nitrogens with zero attached hydrogens (tertiary/aromatic N) is 1. The van der Waals surface area contributed by atoms with Crippen molar-refractivity contribution >= 4 is 12.6 Å². The minimum absolute atomic E-state index is 0.0751. The highest BCUT2D eigenvalue weighted by molar-refractivity contribution is 7.81. The molecule has 1 rings (SSSR count). The third kappa shape index (κ3) is 1.74. The molecule has 0 aliphatic rings. The summed E-state index contributed by atoms with van der Waals surface area (Å²) in [6.45, 7) is 4.10. The van der Waals surface area contributed by atoms with Crippen molar-refractivity contribution in [3.05, 3.63) is 30.1 Å². The lowest BCUT2D eigenvalue weighted by atomic mass is 10.1. The quantitative estimate of drug-likeness (QED) is 0.610. The van der Waals surface area contributed by atoms with Gasteiger partial charge in [0.15, 0.2) is 0 Å². The van der Waals surface area contributed by atoms with Crippen LogP contribution in [0.3, 0.4) is 0 Å². The Bertz CT molecular complexity index is 200. The number of aromatic nitrogens is 1. The summed E-state index contributed by atoms with van der Waals surface area (Å²) in [4.78, 5) is 4.00. The van der Waals surface area contributed by atoms with Crippen molar-refractivity contribution in [2.45, 2.75) is 18.6 Å². The van der Waals surface area contributed by atoms with Gasteiger partial charge in [-0.25, -0.2) is 0 Å². The van der Waals surface area contributed by atoms with E-state index in [1.165, 1.54) is 0 Å². The average Bonchev–Trinajstić information content (AvgIpc) is 1.88. The fraction of sp³-hybridized carbons (Fsp3) is 0.375. The van der Waals surface area contributed by atoms with Gasteiger partial charge in [0.05, 0.1) is 0 Å². The standard InChI is InChI=1S/C8H11NS/c1-8(2,10)7-4-3-5-9-6-7/h3-6,10H,1-2H3. The Morgan fingerprint density at radius 1 is 1.50 bits per heavy atom. The van der Waals surface area contributed by atoms with E-state index >= 15 is 0 Å². The van der Waals surface area contributed by atoms with E-state index in [4.69, 9.17) is 0 Å². The number of hydrogen-bond acceptors (Lipinski definition) is 2. The maximum Gasteiger partial charge on any atom is 0.0337 e. The molecule has 0 saturated carbocycles. The van der Waals surface area contributed by atoms with Crippen LogP contribution in [0.15, 0.2) is 24.5 Å². The molecule has 0 bridgehead atoms. The lowest BCUT2D eigenvalue weighted by molar-refractivity contribution is 0.785. The number of thiol groups is 1. The van der Waals surface area contributed by atoms with E-state index in [-0.39, 0.29) is 4.75 Å². The van der Waals surface area contributed by atoms with Gasteiger partial charge >= 0.3 is 0 Å². The molecule has 0 radical (unpaired) electrons.